The summed E-state index contributed by atoms with van der Waals surface area (Å²) in [5, 5.41) is 10.7. The number of carbonyl (C=O) groups excluding carboxylic acids is 1. The van der Waals surface area contributed by atoms with E-state index in [0.717, 1.165) is 12.1 Å². The van der Waals surface area contributed by atoms with Gasteiger partial charge in [0.2, 0.25) is 0 Å². The largest absolute Gasteiger partial charge is 0.466 e. The highest BCUT2D eigenvalue weighted by Crippen LogP contribution is 2.27. The number of benzene rings is 1. The maximum absolute atomic E-state index is 13.1. The van der Waals surface area contributed by atoms with Gasteiger partial charge in [0.05, 0.1) is 28.1 Å². The number of rotatable bonds is 3. The van der Waals surface area contributed by atoms with E-state index in [1.54, 1.807) is 0 Å². The van der Waals surface area contributed by atoms with Crippen LogP contribution in [0.5, 0.6) is 0 Å². The Labute approximate surface area is 104 Å². The van der Waals surface area contributed by atoms with Crippen LogP contribution in [0.1, 0.15) is 5.56 Å². The summed E-state index contributed by atoms with van der Waals surface area (Å²) in [7, 11) is 1.18. The highest BCUT2D eigenvalue weighted by molar-refractivity contribution is 9.10. The second kappa shape index (κ2) is 5.53. The molecule has 0 aliphatic heterocycles. The van der Waals surface area contributed by atoms with Gasteiger partial charge in [-0.1, -0.05) is 0 Å². The van der Waals surface area contributed by atoms with Crippen LogP contribution in [0.4, 0.5) is 10.1 Å². The van der Waals surface area contributed by atoms with E-state index in [-0.39, 0.29) is 10.0 Å². The summed E-state index contributed by atoms with van der Waals surface area (Å²) in [5.74, 6) is -1.40. The summed E-state index contributed by atoms with van der Waals surface area (Å²) in [5.41, 5.74) is -0.320. The number of hydrogen-bond acceptors (Lipinski definition) is 4. The maximum Gasteiger partial charge on any atom is 0.330 e. The molecule has 1 aromatic carbocycles. The minimum atomic E-state index is -0.744. The maximum atomic E-state index is 13.1. The van der Waals surface area contributed by atoms with E-state index in [1.165, 1.54) is 19.3 Å². The van der Waals surface area contributed by atoms with E-state index >= 15 is 0 Å². The Morgan fingerprint density at radius 3 is 2.76 bits per heavy atom. The van der Waals surface area contributed by atoms with Gasteiger partial charge in [0.1, 0.15) is 5.82 Å². The first-order valence-corrected chi connectivity index (χ1v) is 5.14. The van der Waals surface area contributed by atoms with Crippen molar-refractivity contribution in [2.24, 2.45) is 0 Å². The second-order valence-corrected chi connectivity index (χ2v) is 3.79. The van der Waals surface area contributed by atoms with Crippen LogP contribution in [0.25, 0.3) is 6.08 Å². The zero-order valence-corrected chi connectivity index (χ0v) is 10.2. The van der Waals surface area contributed by atoms with Crippen molar-refractivity contribution in [1.29, 1.82) is 0 Å². The third-order valence-electron chi connectivity index (χ3n) is 1.87. The standard InChI is InChI=1S/C10H7BrFNO4/c1-17-10(14)3-2-6-4-7(11)8(12)5-9(6)13(15)16/h2-5H,1H3. The molecule has 0 aromatic heterocycles. The van der Waals surface area contributed by atoms with Crippen LogP contribution in [0.15, 0.2) is 22.7 Å². The van der Waals surface area contributed by atoms with Crippen LogP contribution in [0, 0.1) is 15.9 Å². The van der Waals surface area contributed by atoms with Crippen LogP contribution >= 0.6 is 15.9 Å². The fourth-order valence-electron chi connectivity index (χ4n) is 1.07. The lowest BCUT2D eigenvalue weighted by Gasteiger charge is -2.00. The zero-order valence-electron chi connectivity index (χ0n) is 8.65. The zero-order chi connectivity index (χ0) is 13.0. The molecule has 0 N–H and O–H groups in total. The van der Waals surface area contributed by atoms with Crippen molar-refractivity contribution in [3.05, 3.63) is 44.2 Å². The molecule has 0 atom stereocenters. The van der Waals surface area contributed by atoms with Gasteiger partial charge >= 0.3 is 5.97 Å². The summed E-state index contributed by atoms with van der Waals surface area (Å²) in [6.07, 6.45) is 2.21. The molecule has 0 spiro atoms. The number of ether oxygens (including phenoxy) is 1. The number of halogens is 2. The molecule has 90 valence electrons. The molecular weight excluding hydrogens is 297 g/mol. The summed E-state index contributed by atoms with van der Waals surface area (Å²) in [6, 6.07) is 1.99. The van der Waals surface area contributed by atoms with E-state index in [0.29, 0.717) is 0 Å². The Kier molecular flexibility index (Phi) is 4.33. The van der Waals surface area contributed by atoms with Gasteiger partial charge in [-0.25, -0.2) is 9.18 Å². The molecule has 0 radical (unpaired) electrons. The summed E-state index contributed by atoms with van der Waals surface area (Å²) >= 11 is 2.91. The smallest absolute Gasteiger partial charge is 0.330 e. The van der Waals surface area contributed by atoms with Crippen molar-refractivity contribution < 1.29 is 18.8 Å². The number of nitro benzene ring substituents is 1. The van der Waals surface area contributed by atoms with Crippen molar-refractivity contribution in [1.82, 2.24) is 0 Å². The number of nitro groups is 1. The Balaban J connectivity index is 3.22. The normalized spacial score (nSPS) is 10.5. The van der Waals surface area contributed by atoms with Crippen molar-refractivity contribution in [3.63, 3.8) is 0 Å². The molecule has 1 rings (SSSR count). The third-order valence-corrected chi connectivity index (χ3v) is 2.47. The van der Waals surface area contributed by atoms with Crippen LogP contribution in [-0.2, 0) is 9.53 Å². The molecule has 0 bridgehead atoms. The highest BCUT2D eigenvalue weighted by atomic mass is 79.9. The number of nitrogens with zero attached hydrogens (tertiary/aromatic N) is 1. The summed E-state index contributed by atoms with van der Waals surface area (Å²) in [4.78, 5) is 20.8. The van der Waals surface area contributed by atoms with Crippen LogP contribution in [0.3, 0.4) is 0 Å². The predicted molar refractivity (Wildman–Crippen MR) is 61.8 cm³/mol. The quantitative estimate of drug-likeness (QED) is 0.372. The molecule has 1 aromatic rings. The molecule has 0 aliphatic carbocycles. The Bertz CT molecular complexity index is 501. The van der Waals surface area contributed by atoms with Gasteiger partial charge in [-0.2, -0.15) is 0 Å². The molecule has 17 heavy (non-hydrogen) atoms. The van der Waals surface area contributed by atoms with Crippen molar-refractivity contribution >= 4 is 33.7 Å². The molecular formula is C10H7BrFNO4. The van der Waals surface area contributed by atoms with Gasteiger partial charge in [0, 0.05) is 6.08 Å². The molecule has 0 aliphatic rings. The average molecular weight is 304 g/mol. The Morgan fingerprint density at radius 1 is 1.59 bits per heavy atom. The lowest BCUT2D eigenvalue weighted by atomic mass is 10.1. The molecule has 7 heteroatoms. The minimum Gasteiger partial charge on any atom is -0.466 e. The van der Waals surface area contributed by atoms with Crippen molar-refractivity contribution in [2.45, 2.75) is 0 Å². The van der Waals surface area contributed by atoms with E-state index < -0.39 is 22.4 Å². The van der Waals surface area contributed by atoms with Gasteiger partial charge in [0.25, 0.3) is 5.69 Å². The number of esters is 1. The molecule has 0 fully saturated rings. The predicted octanol–water partition coefficient (Wildman–Crippen LogP) is 2.68. The molecule has 0 unspecified atom stereocenters. The Morgan fingerprint density at radius 2 is 2.24 bits per heavy atom. The monoisotopic (exact) mass is 303 g/mol. The fourth-order valence-corrected chi connectivity index (χ4v) is 1.43. The number of hydrogen-bond donors (Lipinski definition) is 0. The van der Waals surface area contributed by atoms with Crippen molar-refractivity contribution in [3.8, 4) is 0 Å². The van der Waals surface area contributed by atoms with Gasteiger partial charge in [-0.15, -0.1) is 0 Å². The molecule has 5 nitrogen and oxygen atoms in total. The minimum absolute atomic E-state index is 0.0765. The van der Waals surface area contributed by atoms with Crippen LogP contribution in [-0.4, -0.2) is 18.0 Å². The lowest BCUT2D eigenvalue weighted by Crippen LogP contribution is -1.96. The molecule has 0 saturated heterocycles. The van der Waals surface area contributed by atoms with E-state index in [1.807, 2.05) is 0 Å². The van der Waals surface area contributed by atoms with Crippen LogP contribution in [0.2, 0.25) is 0 Å². The van der Waals surface area contributed by atoms with Crippen LogP contribution < -0.4 is 0 Å². The van der Waals surface area contributed by atoms with Gasteiger partial charge in [0.15, 0.2) is 0 Å². The van der Waals surface area contributed by atoms with E-state index in [9.17, 15) is 19.3 Å². The number of carbonyl (C=O) groups is 1. The summed E-state index contributed by atoms with van der Waals surface area (Å²) in [6.45, 7) is 0. The Hall–Kier alpha value is -1.76. The first-order chi connectivity index (χ1) is 7.95. The lowest BCUT2D eigenvalue weighted by molar-refractivity contribution is -0.385. The van der Waals surface area contributed by atoms with Gasteiger partial charge in [-0.05, 0) is 28.1 Å². The molecule has 0 amide bonds. The fraction of sp³-hybridized carbons (Fsp3) is 0.100. The molecule has 0 heterocycles. The van der Waals surface area contributed by atoms with Crippen molar-refractivity contribution in [2.75, 3.05) is 7.11 Å². The first kappa shape index (κ1) is 13.3. The molecule has 0 saturated carbocycles. The van der Waals surface area contributed by atoms with Gasteiger partial charge < -0.3 is 4.74 Å². The number of methoxy groups -OCH3 is 1. The topological polar surface area (TPSA) is 69.4 Å². The highest BCUT2D eigenvalue weighted by Gasteiger charge is 2.15. The van der Waals surface area contributed by atoms with E-state index in [4.69, 9.17) is 0 Å². The second-order valence-electron chi connectivity index (χ2n) is 2.94. The van der Waals surface area contributed by atoms with E-state index in [2.05, 4.69) is 20.7 Å². The average Bonchev–Trinajstić information content (AvgIpc) is 2.29. The first-order valence-electron chi connectivity index (χ1n) is 4.35. The SMILES string of the molecule is COC(=O)C=Cc1cc(Br)c(F)cc1[N+](=O)[O-]. The van der Waals surface area contributed by atoms with Gasteiger partial charge in [-0.3, -0.25) is 10.1 Å². The third kappa shape index (κ3) is 3.35. The summed E-state index contributed by atoms with van der Waals surface area (Å²) < 4.78 is 17.5.